The Balaban J connectivity index is 0.981. The predicted octanol–water partition coefficient (Wildman–Crippen LogP) is 4.42. The molecule has 2 fully saturated rings. The number of aryl methyl sites for hydroxylation is 1. The summed E-state index contributed by atoms with van der Waals surface area (Å²) in [5.74, 6) is 3.32. The lowest BCUT2D eigenvalue weighted by Crippen LogP contribution is -2.53. The average Bonchev–Trinajstić information content (AvgIpc) is 3.01. The lowest BCUT2D eigenvalue weighted by molar-refractivity contribution is -0.0222. The number of nitrogens with two attached hydrogens (primary N) is 1. The summed E-state index contributed by atoms with van der Waals surface area (Å²) in [6.45, 7) is 13.4. The van der Waals surface area contributed by atoms with E-state index in [4.69, 9.17) is 34.6 Å². The number of nitrogen functional groups attached to an aromatic ring is 1. The normalized spacial score (nSPS) is 16.8. The number of aromatic nitrogens is 2. The first-order valence-corrected chi connectivity index (χ1v) is 16.2. The van der Waals surface area contributed by atoms with Crippen LogP contribution in [-0.4, -0.2) is 97.6 Å². The van der Waals surface area contributed by atoms with Crippen LogP contribution >= 0.6 is 0 Å². The fraction of sp³-hybridized carbons (Fsp3) is 0.514. The average molecular weight is 631 g/mol. The molecule has 0 spiro atoms. The Morgan fingerprint density at radius 1 is 0.978 bits per heavy atom. The van der Waals surface area contributed by atoms with Crippen LogP contribution < -0.4 is 20.1 Å². The van der Waals surface area contributed by atoms with Gasteiger partial charge in [-0.3, -0.25) is 4.90 Å². The minimum Gasteiger partial charge on any atom is -0.497 e. The van der Waals surface area contributed by atoms with Gasteiger partial charge in [0.25, 0.3) is 0 Å². The van der Waals surface area contributed by atoms with Gasteiger partial charge in [-0.05, 0) is 75.1 Å². The van der Waals surface area contributed by atoms with Gasteiger partial charge in [-0.25, -0.2) is 9.78 Å². The van der Waals surface area contributed by atoms with E-state index < -0.39 is 5.60 Å². The zero-order valence-electron chi connectivity index (χ0n) is 27.5. The number of methoxy groups -OCH3 is 1. The number of ether oxygens (including phenoxy) is 4. The Hall–Kier alpha value is -4.09. The predicted molar refractivity (Wildman–Crippen MR) is 177 cm³/mol. The summed E-state index contributed by atoms with van der Waals surface area (Å²) in [7, 11) is 1.67. The maximum Gasteiger partial charge on any atom is 0.410 e. The summed E-state index contributed by atoms with van der Waals surface area (Å²) in [5, 5.41) is 0. The van der Waals surface area contributed by atoms with Gasteiger partial charge in [0.2, 0.25) is 5.95 Å². The monoisotopic (exact) mass is 630 g/mol. The van der Waals surface area contributed by atoms with Crippen molar-refractivity contribution in [1.29, 1.82) is 0 Å². The highest BCUT2D eigenvalue weighted by atomic mass is 16.6. The van der Waals surface area contributed by atoms with E-state index in [1.165, 1.54) is 11.1 Å². The minimum atomic E-state index is -0.465. The van der Waals surface area contributed by atoms with Gasteiger partial charge in [-0.15, -0.1) is 0 Å². The molecule has 3 aromatic rings. The number of carbonyl (C=O) groups is 1. The standard InChI is InChI=1S/C35H46N6O5/c1-35(2,3)46-34(42)41-20-25(21-41)22-44-18-17-39-13-15-40(16-14-39)32-30-11-7-26-19-28(10-12-29(26)31(30)37-33(36)38-32)45-23-24-5-8-27(43-4)9-6-24/h5-6,8-10,12,19,25H,7,11,13-18,20-23H2,1-4H3,(H2,36,37,38). The molecule has 246 valence electrons. The Bertz CT molecular complexity index is 1510. The van der Waals surface area contributed by atoms with E-state index in [1.54, 1.807) is 12.0 Å². The Morgan fingerprint density at radius 2 is 1.72 bits per heavy atom. The van der Waals surface area contributed by atoms with Crippen LogP contribution in [0.3, 0.4) is 0 Å². The van der Waals surface area contributed by atoms with Crippen molar-refractivity contribution >= 4 is 17.9 Å². The maximum absolute atomic E-state index is 12.1. The molecule has 2 saturated heterocycles. The third-order valence-corrected chi connectivity index (χ3v) is 8.73. The second-order valence-corrected chi connectivity index (χ2v) is 13.3. The molecule has 0 saturated carbocycles. The van der Waals surface area contributed by atoms with E-state index in [1.807, 2.05) is 51.1 Å². The van der Waals surface area contributed by atoms with Gasteiger partial charge in [-0.1, -0.05) is 12.1 Å². The number of piperazine rings is 1. The lowest BCUT2D eigenvalue weighted by Gasteiger charge is -2.40. The first-order valence-electron chi connectivity index (χ1n) is 16.2. The van der Waals surface area contributed by atoms with Crippen LogP contribution in [0.5, 0.6) is 11.5 Å². The molecule has 2 aromatic carbocycles. The molecular formula is C35H46N6O5. The van der Waals surface area contributed by atoms with Gasteiger partial charge in [0.05, 0.1) is 26.0 Å². The van der Waals surface area contributed by atoms with Crippen molar-refractivity contribution in [3.05, 3.63) is 59.2 Å². The fourth-order valence-electron chi connectivity index (χ4n) is 6.23. The molecular weight excluding hydrogens is 584 g/mol. The molecule has 1 amide bonds. The molecule has 0 atom stereocenters. The summed E-state index contributed by atoms with van der Waals surface area (Å²) in [6, 6.07) is 14.2. The van der Waals surface area contributed by atoms with Crippen molar-refractivity contribution < 1.29 is 23.7 Å². The number of carbonyl (C=O) groups excluding carboxylic acids is 1. The molecule has 0 radical (unpaired) electrons. The van der Waals surface area contributed by atoms with Gasteiger partial charge in [0.15, 0.2) is 0 Å². The molecule has 0 bridgehead atoms. The van der Waals surface area contributed by atoms with E-state index in [-0.39, 0.29) is 6.09 Å². The van der Waals surface area contributed by atoms with Crippen molar-refractivity contribution in [1.82, 2.24) is 19.8 Å². The summed E-state index contributed by atoms with van der Waals surface area (Å²) >= 11 is 0. The summed E-state index contributed by atoms with van der Waals surface area (Å²) in [6.07, 6.45) is 1.52. The molecule has 11 heteroatoms. The topological polar surface area (TPSA) is 116 Å². The van der Waals surface area contributed by atoms with Crippen molar-refractivity contribution in [3.8, 4) is 22.8 Å². The zero-order valence-corrected chi connectivity index (χ0v) is 27.5. The van der Waals surface area contributed by atoms with E-state index >= 15 is 0 Å². The SMILES string of the molecule is COc1ccc(COc2ccc3c(c2)CCc2c-3nc(N)nc2N2CCN(CCOCC3CN(C(=O)OC(C)(C)C)C3)CC2)cc1. The number of nitrogens with zero attached hydrogens (tertiary/aromatic N) is 5. The van der Waals surface area contributed by atoms with Crippen LogP contribution in [0.25, 0.3) is 11.3 Å². The van der Waals surface area contributed by atoms with Gasteiger partial charge in [0.1, 0.15) is 29.5 Å². The van der Waals surface area contributed by atoms with E-state index in [9.17, 15) is 4.79 Å². The lowest BCUT2D eigenvalue weighted by atomic mass is 9.88. The molecule has 6 rings (SSSR count). The number of benzene rings is 2. The highest BCUT2D eigenvalue weighted by Crippen LogP contribution is 2.38. The molecule has 2 aliphatic heterocycles. The van der Waals surface area contributed by atoms with Gasteiger partial charge >= 0.3 is 6.09 Å². The molecule has 3 aliphatic rings. The minimum absolute atomic E-state index is 0.238. The van der Waals surface area contributed by atoms with Crippen LogP contribution in [0, 0.1) is 5.92 Å². The number of fused-ring (bicyclic) bond motifs is 3. The Morgan fingerprint density at radius 3 is 2.43 bits per heavy atom. The fourth-order valence-corrected chi connectivity index (χ4v) is 6.23. The first-order chi connectivity index (χ1) is 22.1. The summed E-state index contributed by atoms with van der Waals surface area (Å²) in [4.78, 5) is 28.1. The zero-order chi connectivity index (χ0) is 32.3. The Labute approximate surface area is 271 Å². The van der Waals surface area contributed by atoms with Gasteiger partial charge in [-0.2, -0.15) is 4.98 Å². The van der Waals surface area contributed by atoms with E-state index in [2.05, 4.69) is 21.9 Å². The summed E-state index contributed by atoms with van der Waals surface area (Å²) in [5.41, 5.74) is 11.3. The van der Waals surface area contributed by atoms with E-state index in [0.29, 0.717) is 44.8 Å². The molecule has 1 aromatic heterocycles. The highest BCUT2D eigenvalue weighted by Gasteiger charge is 2.34. The maximum atomic E-state index is 12.1. The van der Waals surface area contributed by atoms with Crippen LogP contribution in [0.1, 0.15) is 37.5 Å². The summed E-state index contributed by atoms with van der Waals surface area (Å²) < 4.78 is 22.8. The van der Waals surface area contributed by atoms with Crippen molar-refractivity contribution in [3.63, 3.8) is 0 Å². The molecule has 3 heterocycles. The Kier molecular flexibility index (Phi) is 9.51. The van der Waals surface area contributed by atoms with Crippen molar-refractivity contribution in [2.75, 3.05) is 76.8 Å². The van der Waals surface area contributed by atoms with Crippen LogP contribution in [0.4, 0.5) is 16.6 Å². The molecule has 46 heavy (non-hydrogen) atoms. The number of anilines is 2. The second kappa shape index (κ2) is 13.7. The molecule has 0 unspecified atom stereocenters. The third kappa shape index (κ3) is 7.64. The van der Waals surface area contributed by atoms with E-state index in [0.717, 1.165) is 79.7 Å². The first kappa shape index (κ1) is 31.9. The number of likely N-dealkylation sites (tertiary alicyclic amines) is 1. The van der Waals surface area contributed by atoms with Crippen molar-refractivity contribution in [2.24, 2.45) is 5.92 Å². The quantitative estimate of drug-likeness (QED) is 0.323. The highest BCUT2D eigenvalue weighted by molar-refractivity contribution is 5.76. The number of amides is 1. The van der Waals surface area contributed by atoms with Crippen molar-refractivity contribution in [2.45, 2.75) is 45.8 Å². The largest absolute Gasteiger partial charge is 0.497 e. The second-order valence-electron chi connectivity index (χ2n) is 13.3. The number of hydrogen-bond acceptors (Lipinski definition) is 10. The van der Waals surface area contributed by atoms with Gasteiger partial charge in [0, 0.05) is 62.9 Å². The number of rotatable bonds is 10. The smallest absolute Gasteiger partial charge is 0.410 e. The van der Waals surface area contributed by atoms with Gasteiger partial charge < -0.3 is 34.5 Å². The molecule has 1 aliphatic carbocycles. The van der Waals surface area contributed by atoms with Crippen LogP contribution in [-0.2, 0) is 28.9 Å². The van der Waals surface area contributed by atoms with Crippen LogP contribution in [0.15, 0.2) is 42.5 Å². The third-order valence-electron chi connectivity index (χ3n) is 8.73. The molecule has 11 nitrogen and oxygen atoms in total. The number of hydrogen-bond donors (Lipinski definition) is 1. The molecule has 2 N–H and O–H groups in total. The van der Waals surface area contributed by atoms with Crippen LogP contribution in [0.2, 0.25) is 0 Å².